The summed E-state index contributed by atoms with van der Waals surface area (Å²) in [6, 6.07) is 7.94. The van der Waals surface area contributed by atoms with Crippen molar-refractivity contribution >= 4 is 17.6 Å². The number of rotatable bonds is 8. The van der Waals surface area contributed by atoms with E-state index < -0.39 is 12.1 Å². The summed E-state index contributed by atoms with van der Waals surface area (Å²) in [5, 5.41) is 9.59. The standard InChI is InChI=1S/C19H26N6O3/c20-19(27)23-17(12-15-4-2-1-3-5-15)18(26)22-16-13-21-25(14-16)7-6-24-8-10-28-11-9-24/h1-5,13-14,17H,6-12H2,(H,22,26)(H3,20,23,27). The monoisotopic (exact) mass is 386 g/mol. The molecule has 9 nitrogen and oxygen atoms in total. The SMILES string of the molecule is NC(=O)NC(Cc1ccccc1)C(=O)Nc1cnn(CCN2CCOCC2)c1. The molecule has 28 heavy (non-hydrogen) atoms. The molecule has 2 heterocycles. The predicted molar refractivity (Wildman–Crippen MR) is 105 cm³/mol. The predicted octanol–water partition coefficient (Wildman–Crippen LogP) is 0.433. The summed E-state index contributed by atoms with van der Waals surface area (Å²) in [6.45, 7) is 4.96. The highest BCUT2D eigenvalue weighted by Crippen LogP contribution is 2.09. The van der Waals surface area contributed by atoms with Crippen molar-refractivity contribution in [2.45, 2.75) is 19.0 Å². The average molecular weight is 386 g/mol. The van der Waals surface area contributed by atoms with Crippen molar-refractivity contribution in [3.8, 4) is 0 Å². The van der Waals surface area contributed by atoms with E-state index in [2.05, 4.69) is 20.6 Å². The lowest BCUT2D eigenvalue weighted by molar-refractivity contribution is -0.117. The van der Waals surface area contributed by atoms with E-state index in [4.69, 9.17) is 10.5 Å². The van der Waals surface area contributed by atoms with Crippen LogP contribution >= 0.6 is 0 Å². The lowest BCUT2D eigenvalue weighted by atomic mass is 10.1. The third-order valence-electron chi connectivity index (χ3n) is 4.57. The van der Waals surface area contributed by atoms with Gasteiger partial charge < -0.3 is 21.1 Å². The third-order valence-corrected chi connectivity index (χ3v) is 4.57. The molecule has 1 saturated heterocycles. The highest BCUT2D eigenvalue weighted by molar-refractivity contribution is 5.96. The first-order valence-corrected chi connectivity index (χ1v) is 9.33. The minimum Gasteiger partial charge on any atom is -0.379 e. The van der Waals surface area contributed by atoms with Gasteiger partial charge in [-0.05, 0) is 5.56 Å². The van der Waals surface area contributed by atoms with Gasteiger partial charge in [0.05, 0.1) is 31.6 Å². The van der Waals surface area contributed by atoms with E-state index in [0.717, 1.165) is 45.0 Å². The normalized spacial score (nSPS) is 15.7. The molecule has 0 radical (unpaired) electrons. The molecule has 0 spiro atoms. The van der Waals surface area contributed by atoms with Gasteiger partial charge in [0.25, 0.3) is 0 Å². The molecular weight excluding hydrogens is 360 g/mol. The number of anilines is 1. The Morgan fingerprint density at radius 2 is 1.93 bits per heavy atom. The van der Waals surface area contributed by atoms with Gasteiger partial charge in [0.15, 0.2) is 0 Å². The molecule has 1 fully saturated rings. The fourth-order valence-electron chi connectivity index (χ4n) is 3.08. The lowest BCUT2D eigenvalue weighted by Crippen LogP contribution is -2.47. The zero-order valence-electron chi connectivity index (χ0n) is 15.7. The van der Waals surface area contributed by atoms with Crippen LogP contribution in [0.25, 0.3) is 0 Å². The number of nitrogens with zero attached hydrogens (tertiary/aromatic N) is 3. The number of primary amides is 1. The Balaban J connectivity index is 1.55. The Morgan fingerprint density at radius 1 is 1.18 bits per heavy atom. The number of morpholine rings is 1. The molecule has 1 unspecified atom stereocenters. The quantitative estimate of drug-likeness (QED) is 0.609. The molecule has 0 aliphatic carbocycles. The maximum atomic E-state index is 12.6. The Morgan fingerprint density at radius 3 is 2.64 bits per heavy atom. The van der Waals surface area contributed by atoms with Gasteiger partial charge in [0, 0.05) is 32.3 Å². The number of aromatic nitrogens is 2. The second kappa shape index (κ2) is 9.86. The van der Waals surface area contributed by atoms with Gasteiger partial charge in [-0.1, -0.05) is 30.3 Å². The largest absolute Gasteiger partial charge is 0.379 e. The maximum Gasteiger partial charge on any atom is 0.312 e. The second-order valence-electron chi connectivity index (χ2n) is 6.69. The molecular formula is C19H26N6O3. The van der Waals surface area contributed by atoms with Crippen molar-refractivity contribution in [3.63, 3.8) is 0 Å². The number of nitrogens with two attached hydrogens (primary N) is 1. The highest BCUT2D eigenvalue weighted by Gasteiger charge is 2.21. The molecule has 9 heteroatoms. The molecule has 3 amide bonds. The van der Waals surface area contributed by atoms with Gasteiger partial charge >= 0.3 is 6.03 Å². The van der Waals surface area contributed by atoms with Crippen molar-refractivity contribution in [3.05, 3.63) is 48.3 Å². The molecule has 150 valence electrons. The first-order valence-electron chi connectivity index (χ1n) is 9.33. The van der Waals surface area contributed by atoms with Crippen molar-refractivity contribution < 1.29 is 14.3 Å². The fourth-order valence-corrected chi connectivity index (χ4v) is 3.08. The number of hydrogen-bond acceptors (Lipinski definition) is 5. The number of carbonyl (C=O) groups excluding carboxylic acids is 2. The summed E-state index contributed by atoms with van der Waals surface area (Å²) >= 11 is 0. The minimum absolute atomic E-state index is 0.338. The summed E-state index contributed by atoms with van der Waals surface area (Å²) in [5.74, 6) is -0.338. The Kier molecular flexibility index (Phi) is 6.99. The van der Waals surface area contributed by atoms with E-state index in [0.29, 0.717) is 12.1 Å². The molecule has 3 rings (SSSR count). The van der Waals surface area contributed by atoms with Crippen LogP contribution < -0.4 is 16.4 Å². The molecule has 1 aliphatic heterocycles. The van der Waals surface area contributed by atoms with Crippen LogP contribution in [-0.2, 0) is 22.5 Å². The van der Waals surface area contributed by atoms with Crippen LogP contribution in [0.3, 0.4) is 0 Å². The summed E-state index contributed by atoms with van der Waals surface area (Å²) in [6.07, 6.45) is 3.73. The number of nitrogens with one attached hydrogen (secondary N) is 2. The van der Waals surface area contributed by atoms with Crippen molar-refractivity contribution in [2.75, 3.05) is 38.2 Å². The van der Waals surface area contributed by atoms with Crippen LogP contribution in [0.15, 0.2) is 42.7 Å². The van der Waals surface area contributed by atoms with Gasteiger partial charge in [0.1, 0.15) is 6.04 Å². The molecule has 1 aromatic heterocycles. The molecule has 4 N–H and O–H groups in total. The zero-order chi connectivity index (χ0) is 19.8. The molecule has 1 atom stereocenters. The van der Waals surface area contributed by atoms with Gasteiger partial charge in [-0.2, -0.15) is 5.10 Å². The van der Waals surface area contributed by atoms with Crippen LogP contribution in [0, 0.1) is 0 Å². The molecule has 1 aliphatic rings. The lowest BCUT2D eigenvalue weighted by Gasteiger charge is -2.26. The van der Waals surface area contributed by atoms with E-state index >= 15 is 0 Å². The number of benzene rings is 1. The van der Waals surface area contributed by atoms with E-state index in [1.165, 1.54) is 0 Å². The van der Waals surface area contributed by atoms with Crippen LogP contribution in [0.4, 0.5) is 10.5 Å². The molecule has 1 aromatic carbocycles. The smallest absolute Gasteiger partial charge is 0.312 e. The molecule has 0 saturated carbocycles. The topological polar surface area (TPSA) is 115 Å². The van der Waals surface area contributed by atoms with Gasteiger partial charge in [-0.25, -0.2) is 4.79 Å². The summed E-state index contributed by atoms with van der Waals surface area (Å²) < 4.78 is 7.13. The average Bonchev–Trinajstić information content (AvgIpc) is 3.14. The van der Waals surface area contributed by atoms with Crippen molar-refractivity contribution in [2.24, 2.45) is 5.73 Å². The number of urea groups is 1. The minimum atomic E-state index is -0.767. The third kappa shape index (κ3) is 6.07. The Bertz CT molecular complexity index is 773. The first-order chi connectivity index (χ1) is 13.6. The van der Waals surface area contributed by atoms with Crippen molar-refractivity contribution in [1.82, 2.24) is 20.0 Å². The van der Waals surface area contributed by atoms with Crippen LogP contribution in [0.2, 0.25) is 0 Å². The fraction of sp³-hybridized carbons (Fsp3) is 0.421. The van der Waals surface area contributed by atoms with Gasteiger partial charge in [-0.15, -0.1) is 0 Å². The summed E-state index contributed by atoms with van der Waals surface area (Å²) in [5.41, 5.74) is 6.74. The van der Waals surface area contributed by atoms with Gasteiger partial charge in [-0.3, -0.25) is 14.4 Å². The van der Waals surface area contributed by atoms with E-state index in [1.807, 2.05) is 30.3 Å². The maximum absolute atomic E-state index is 12.6. The molecule has 2 aromatic rings. The Hall–Kier alpha value is -2.91. The number of carbonyl (C=O) groups is 2. The summed E-state index contributed by atoms with van der Waals surface area (Å²) in [7, 11) is 0. The number of ether oxygens (including phenoxy) is 1. The number of amides is 3. The van der Waals surface area contributed by atoms with E-state index in [-0.39, 0.29) is 5.91 Å². The first kappa shape index (κ1) is 19.8. The number of hydrogen-bond donors (Lipinski definition) is 3. The van der Waals surface area contributed by atoms with Crippen LogP contribution in [-0.4, -0.2) is 65.5 Å². The van der Waals surface area contributed by atoms with E-state index in [1.54, 1.807) is 17.1 Å². The van der Waals surface area contributed by atoms with E-state index in [9.17, 15) is 9.59 Å². The van der Waals surface area contributed by atoms with Gasteiger partial charge in [0.2, 0.25) is 5.91 Å². The van der Waals surface area contributed by atoms with Crippen LogP contribution in [0.1, 0.15) is 5.56 Å². The van der Waals surface area contributed by atoms with Crippen molar-refractivity contribution in [1.29, 1.82) is 0 Å². The zero-order valence-corrected chi connectivity index (χ0v) is 15.7. The van der Waals surface area contributed by atoms with Crippen LogP contribution in [0.5, 0.6) is 0 Å². The Labute approximate surface area is 163 Å². The second-order valence-corrected chi connectivity index (χ2v) is 6.69. The highest BCUT2D eigenvalue weighted by atomic mass is 16.5. The summed E-state index contributed by atoms with van der Waals surface area (Å²) in [4.78, 5) is 26.2. The molecule has 0 bridgehead atoms.